The average Bonchev–Trinajstić information content (AvgIpc) is 2.87. The summed E-state index contributed by atoms with van der Waals surface area (Å²) in [4.78, 5) is 11.8. The summed E-state index contributed by atoms with van der Waals surface area (Å²) >= 11 is 0. The fraction of sp³-hybridized carbons (Fsp3) is 0.455. The van der Waals surface area contributed by atoms with Crippen LogP contribution in [0.25, 0.3) is 0 Å². The van der Waals surface area contributed by atoms with E-state index in [1.165, 1.54) is 0 Å². The van der Waals surface area contributed by atoms with Crippen LogP contribution in [0.4, 0.5) is 0 Å². The third-order valence-corrected chi connectivity index (χ3v) is 2.66. The lowest BCUT2D eigenvalue weighted by atomic mass is 10.0. The van der Waals surface area contributed by atoms with Crippen LogP contribution in [-0.2, 0) is 16.1 Å². The zero-order valence-corrected chi connectivity index (χ0v) is 8.35. The van der Waals surface area contributed by atoms with Crippen LogP contribution in [0.15, 0.2) is 18.3 Å². The van der Waals surface area contributed by atoms with Gasteiger partial charge in [-0.1, -0.05) is 0 Å². The largest absolute Gasteiger partial charge is 0.381 e. The Morgan fingerprint density at radius 3 is 3.27 bits per heavy atom. The van der Waals surface area contributed by atoms with Gasteiger partial charge in [0.25, 0.3) is 0 Å². The predicted octanol–water partition coefficient (Wildman–Crippen LogP) is 0.965. The van der Waals surface area contributed by atoms with Crippen molar-refractivity contribution in [3.05, 3.63) is 24.0 Å². The number of ketones is 1. The molecule has 0 spiro atoms. The first-order chi connectivity index (χ1) is 7.31. The summed E-state index contributed by atoms with van der Waals surface area (Å²) in [6.45, 7) is 1.49. The molecule has 0 bridgehead atoms. The third-order valence-electron chi connectivity index (χ3n) is 2.66. The molecule has 1 aliphatic heterocycles. The topological polar surface area (TPSA) is 55.0 Å². The molecule has 1 unspecified atom stereocenters. The van der Waals surface area contributed by atoms with Gasteiger partial charge in [0, 0.05) is 18.7 Å². The number of Topliss-reactive ketones (excluding diaryl/α,β-unsaturated/α-hetero) is 1. The number of ether oxygens (including phenoxy) is 1. The number of rotatable bonds is 3. The highest BCUT2D eigenvalue weighted by molar-refractivity contribution is 5.81. The minimum atomic E-state index is 0.0129. The molecule has 0 radical (unpaired) electrons. The lowest BCUT2D eigenvalue weighted by Gasteiger charge is -2.08. The van der Waals surface area contributed by atoms with Crippen molar-refractivity contribution < 1.29 is 9.53 Å². The molecule has 2 rings (SSSR count). The molecule has 15 heavy (non-hydrogen) atoms. The molecular formula is C11H12N2O2. The molecule has 78 valence electrons. The molecule has 0 N–H and O–H groups in total. The Kier molecular flexibility index (Phi) is 2.84. The Morgan fingerprint density at radius 1 is 1.73 bits per heavy atom. The summed E-state index contributed by atoms with van der Waals surface area (Å²) in [6, 6.07) is 5.53. The first-order valence-corrected chi connectivity index (χ1v) is 4.97. The fourth-order valence-electron chi connectivity index (χ4n) is 1.74. The standard InChI is InChI=1S/C11H12N2O2/c12-6-10-2-1-4-13(10)7-11(14)9-3-5-15-8-9/h1-2,4,9H,3,5,7-8H2. The Balaban J connectivity index is 2.02. The van der Waals surface area contributed by atoms with Gasteiger partial charge in [-0.15, -0.1) is 0 Å². The van der Waals surface area contributed by atoms with Crippen molar-refractivity contribution in [1.29, 1.82) is 5.26 Å². The summed E-state index contributed by atoms with van der Waals surface area (Å²) in [7, 11) is 0. The van der Waals surface area contributed by atoms with Gasteiger partial charge in [0.15, 0.2) is 5.78 Å². The van der Waals surface area contributed by atoms with Gasteiger partial charge < -0.3 is 9.30 Å². The molecule has 0 amide bonds. The van der Waals surface area contributed by atoms with Crippen LogP contribution in [0.2, 0.25) is 0 Å². The Hall–Kier alpha value is -1.60. The SMILES string of the molecule is N#Cc1cccn1CC(=O)C1CCOC1. The monoisotopic (exact) mass is 204 g/mol. The van der Waals surface area contributed by atoms with Gasteiger partial charge in [0.1, 0.15) is 11.8 Å². The molecule has 1 saturated heterocycles. The van der Waals surface area contributed by atoms with Gasteiger partial charge in [0.05, 0.1) is 13.2 Å². The lowest BCUT2D eigenvalue weighted by molar-refractivity contribution is -0.123. The quantitative estimate of drug-likeness (QED) is 0.737. The Labute approximate surface area is 88.1 Å². The van der Waals surface area contributed by atoms with Crippen LogP contribution < -0.4 is 0 Å². The number of aromatic nitrogens is 1. The van der Waals surface area contributed by atoms with E-state index in [1.54, 1.807) is 22.9 Å². The first-order valence-electron chi connectivity index (χ1n) is 4.97. The second-order valence-corrected chi connectivity index (χ2v) is 3.66. The molecule has 1 aromatic rings. The highest BCUT2D eigenvalue weighted by Gasteiger charge is 2.23. The van der Waals surface area contributed by atoms with Gasteiger partial charge in [-0.2, -0.15) is 5.26 Å². The Bertz CT molecular complexity index is 397. The molecule has 0 aromatic carbocycles. The van der Waals surface area contributed by atoms with E-state index in [0.29, 0.717) is 18.9 Å². The van der Waals surface area contributed by atoms with Crippen molar-refractivity contribution in [2.75, 3.05) is 13.2 Å². The van der Waals surface area contributed by atoms with Crippen LogP contribution in [-0.4, -0.2) is 23.6 Å². The zero-order valence-electron chi connectivity index (χ0n) is 8.35. The number of carbonyl (C=O) groups excluding carboxylic acids is 1. The summed E-state index contributed by atoms with van der Waals surface area (Å²) in [6.07, 6.45) is 2.56. The van der Waals surface area contributed by atoms with E-state index < -0.39 is 0 Å². The zero-order chi connectivity index (χ0) is 10.7. The third kappa shape index (κ3) is 2.08. The minimum Gasteiger partial charge on any atom is -0.381 e. The maximum atomic E-state index is 11.8. The molecule has 1 aliphatic rings. The van der Waals surface area contributed by atoms with Crippen LogP contribution in [0.3, 0.4) is 0 Å². The van der Waals surface area contributed by atoms with E-state index in [4.69, 9.17) is 10.00 Å². The molecule has 1 atom stereocenters. The van der Waals surface area contributed by atoms with Crippen LogP contribution in [0, 0.1) is 17.2 Å². The molecular weight excluding hydrogens is 192 g/mol. The van der Waals surface area contributed by atoms with Crippen LogP contribution in [0.1, 0.15) is 12.1 Å². The van der Waals surface area contributed by atoms with E-state index in [1.807, 2.05) is 0 Å². The van der Waals surface area contributed by atoms with E-state index in [-0.39, 0.29) is 18.2 Å². The lowest BCUT2D eigenvalue weighted by Crippen LogP contribution is -2.20. The highest BCUT2D eigenvalue weighted by atomic mass is 16.5. The van der Waals surface area contributed by atoms with E-state index in [0.717, 1.165) is 6.42 Å². The summed E-state index contributed by atoms with van der Waals surface area (Å²) in [5.74, 6) is 0.166. The van der Waals surface area contributed by atoms with Crippen molar-refractivity contribution in [3.63, 3.8) is 0 Å². The predicted molar refractivity (Wildman–Crippen MR) is 53.1 cm³/mol. The van der Waals surface area contributed by atoms with Crippen molar-refractivity contribution in [1.82, 2.24) is 4.57 Å². The summed E-state index contributed by atoms with van der Waals surface area (Å²) in [5.41, 5.74) is 0.530. The molecule has 2 heterocycles. The van der Waals surface area contributed by atoms with E-state index in [9.17, 15) is 4.79 Å². The van der Waals surface area contributed by atoms with Gasteiger partial charge in [-0.3, -0.25) is 4.79 Å². The second-order valence-electron chi connectivity index (χ2n) is 3.66. The van der Waals surface area contributed by atoms with Gasteiger partial charge in [-0.25, -0.2) is 0 Å². The summed E-state index contributed by atoms with van der Waals surface area (Å²) in [5, 5.41) is 8.78. The van der Waals surface area contributed by atoms with Crippen LogP contribution >= 0.6 is 0 Å². The van der Waals surface area contributed by atoms with Gasteiger partial charge in [-0.05, 0) is 18.6 Å². The normalized spacial score (nSPS) is 20.1. The highest BCUT2D eigenvalue weighted by Crippen LogP contribution is 2.14. The Morgan fingerprint density at radius 2 is 2.60 bits per heavy atom. The minimum absolute atomic E-state index is 0.0129. The van der Waals surface area contributed by atoms with Crippen molar-refractivity contribution >= 4 is 5.78 Å². The number of nitriles is 1. The number of hydrogen-bond donors (Lipinski definition) is 0. The van der Waals surface area contributed by atoms with Crippen molar-refractivity contribution in [3.8, 4) is 6.07 Å². The molecule has 0 aliphatic carbocycles. The molecule has 4 nitrogen and oxygen atoms in total. The maximum Gasteiger partial charge on any atom is 0.157 e. The first kappa shape index (κ1) is 9.94. The second kappa shape index (κ2) is 4.28. The maximum absolute atomic E-state index is 11.8. The number of carbonyl (C=O) groups is 1. The molecule has 1 fully saturated rings. The summed E-state index contributed by atoms with van der Waals surface area (Å²) < 4.78 is 6.84. The van der Waals surface area contributed by atoms with E-state index in [2.05, 4.69) is 6.07 Å². The fourth-order valence-corrected chi connectivity index (χ4v) is 1.74. The van der Waals surface area contributed by atoms with Crippen molar-refractivity contribution in [2.45, 2.75) is 13.0 Å². The van der Waals surface area contributed by atoms with E-state index >= 15 is 0 Å². The average molecular weight is 204 g/mol. The smallest absolute Gasteiger partial charge is 0.157 e. The molecule has 4 heteroatoms. The van der Waals surface area contributed by atoms with Gasteiger partial charge in [0.2, 0.25) is 0 Å². The van der Waals surface area contributed by atoms with Crippen LogP contribution in [0.5, 0.6) is 0 Å². The molecule has 0 saturated carbocycles. The number of nitrogens with zero attached hydrogens (tertiary/aromatic N) is 2. The van der Waals surface area contributed by atoms with Gasteiger partial charge >= 0.3 is 0 Å². The molecule has 1 aromatic heterocycles. The van der Waals surface area contributed by atoms with Crippen molar-refractivity contribution in [2.24, 2.45) is 5.92 Å². The number of hydrogen-bond acceptors (Lipinski definition) is 3.